The van der Waals surface area contributed by atoms with Crippen molar-refractivity contribution < 1.29 is 9.59 Å². The Kier molecular flexibility index (Phi) is 5.60. The minimum atomic E-state index is -0.735. The zero-order valence-corrected chi connectivity index (χ0v) is 13.8. The SMILES string of the molecule is CCC1(C)NC(=O)C(CC(C)C)N(CCC(C)C)C1=O. The fourth-order valence-electron chi connectivity index (χ4n) is 2.58. The highest BCUT2D eigenvalue weighted by Gasteiger charge is 2.46. The molecule has 116 valence electrons. The van der Waals surface area contributed by atoms with Crippen molar-refractivity contribution in [1.29, 1.82) is 0 Å². The van der Waals surface area contributed by atoms with Crippen LogP contribution < -0.4 is 5.32 Å². The van der Waals surface area contributed by atoms with Crippen LogP contribution in [0.25, 0.3) is 0 Å². The van der Waals surface area contributed by atoms with Crippen molar-refractivity contribution in [1.82, 2.24) is 10.2 Å². The summed E-state index contributed by atoms with van der Waals surface area (Å²) in [6.07, 6.45) is 2.30. The Morgan fingerprint density at radius 1 is 1.20 bits per heavy atom. The molecule has 1 saturated heterocycles. The van der Waals surface area contributed by atoms with Crippen LogP contribution in [0.2, 0.25) is 0 Å². The van der Waals surface area contributed by atoms with Gasteiger partial charge in [0.05, 0.1) is 0 Å². The number of nitrogens with one attached hydrogen (secondary N) is 1. The highest BCUT2D eigenvalue weighted by Crippen LogP contribution is 2.25. The Morgan fingerprint density at radius 3 is 2.25 bits per heavy atom. The molecule has 0 aromatic carbocycles. The van der Waals surface area contributed by atoms with Gasteiger partial charge < -0.3 is 10.2 Å². The second kappa shape index (κ2) is 6.59. The molecule has 1 aliphatic rings. The second-order valence-corrected chi connectivity index (χ2v) is 7.00. The molecule has 0 aromatic rings. The van der Waals surface area contributed by atoms with Crippen LogP contribution in [-0.2, 0) is 9.59 Å². The van der Waals surface area contributed by atoms with Gasteiger partial charge in [0.25, 0.3) is 0 Å². The molecule has 0 saturated carbocycles. The van der Waals surface area contributed by atoms with E-state index in [1.807, 2.05) is 18.7 Å². The number of carbonyl (C=O) groups excluding carboxylic acids is 2. The van der Waals surface area contributed by atoms with Gasteiger partial charge in [0.2, 0.25) is 11.8 Å². The summed E-state index contributed by atoms with van der Waals surface area (Å²) in [6.45, 7) is 12.9. The van der Waals surface area contributed by atoms with Crippen molar-refractivity contribution in [3.05, 3.63) is 0 Å². The van der Waals surface area contributed by atoms with E-state index in [4.69, 9.17) is 0 Å². The van der Waals surface area contributed by atoms with Gasteiger partial charge >= 0.3 is 0 Å². The van der Waals surface area contributed by atoms with Crippen LogP contribution in [0.15, 0.2) is 0 Å². The van der Waals surface area contributed by atoms with Crippen molar-refractivity contribution in [2.75, 3.05) is 6.54 Å². The van der Waals surface area contributed by atoms with E-state index in [9.17, 15) is 9.59 Å². The van der Waals surface area contributed by atoms with Gasteiger partial charge in [0.1, 0.15) is 11.6 Å². The van der Waals surface area contributed by atoms with Crippen molar-refractivity contribution in [2.24, 2.45) is 11.8 Å². The van der Waals surface area contributed by atoms with E-state index >= 15 is 0 Å². The topological polar surface area (TPSA) is 49.4 Å². The predicted octanol–water partition coefficient (Wildman–Crippen LogP) is 2.57. The highest BCUT2D eigenvalue weighted by atomic mass is 16.2. The average Bonchev–Trinajstić information content (AvgIpc) is 2.34. The number of carbonyl (C=O) groups is 2. The molecule has 0 bridgehead atoms. The first-order chi connectivity index (χ1) is 9.21. The zero-order chi connectivity index (χ0) is 15.5. The molecule has 0 spiro atoms. The number of piperazine rings is 1. The van der Waals surface area contributed by atoms with E-state index in [-0.39, 0.29) is 17.9 Å². The fraction of sp³-hybridized carbons (Fsp3) is 0.875. The molecular formula is C16H30N2O2. The van der Waals surface area contributed by atoms with Gasteiger partial charge in [-0.2, -0.15) is 0 Å². The largest absolute Gasteiger partial charge is 0.340 e. The molecule has 1 N–H and O–H groups in total. The predicted molar refractivity (Wildman–Crippen MR) is 81.2 cm³/mol. The van der Waals surface area contributed by atoms with Gasteiger partial charge in [-0.3, -0.25) is 9.59 Å². The van der Waals surface area contributed by atoms with Crippen molar-refractivity contribution in [3.8, 4) is 0 Å². The number of rotatable bonds is 6. The second-order valence-electron chi connectivity index (χ2n) is 7.00. The Bertz CT molecular complexity index is 365. The molecule has 2 atom stereocenters. The van der Waals surface area contributed by atoms with E-state index in [1.54, 1.807) is 0 Å². The van der Waals surface area contributed by atoms with Crippen LogP contribution in [0.4, 0.5) is 0 Å². The summed E-state index contributed by atoms with van der Waals surface area (Å²) in [5.74, 6) is 1.00. The van der Waals surface area contributed by atoms with E-state index in [2.05, 4.69) is 33.0 Å². The average molecular weight is 282 g/mol. The third-order valence-electron chi connectivity index (χ3n) is 4.16. The van der Waals surface area contributed by atoms with E-state index in [0.29, 0.717) is 24.8 Å². The van der Waals surface area contributed by atoms with Gasteiger partial charge in [0.15, 0.2) is 0 Å². The first kappa shape index (κ1) is 17.0. The van der Waals surface area contributed by atoms with Crippen molar-refractivity contribution in [2.45, 2.75) is 72.4 Å². The van der Waals surface area contributed by atoms with E-state index in [0.717, 1.165) is 12.8 Å². The monoisotopic (exact) mass is 282 g/mol. The summed E-state index contributed by atoms with van der Waals surface area (Å²) >= 11 is 0. The van der Waals surface area contributed by atoms with Gasteiger partial charge in [-0.25, -0.2) is 0 Å². The molecule has 0 aromatic heterocycles. The molecule has 0 aliphatic carbocycles. The van der Waals surface area contributed by atoms with Gasteiger partial charge in [0, 0.05) is 6.54 Å². The lowest BCUT2D eigenvalue weighted by molar-refractivity contribution is -0.155. The van der Waals surface area contributed by atoms with Crippen molar-refractivity contribution >= 4 is 11.8 Å². The normalized spacial score (nSPS) is 27.4. The molecule has 2 unspecified atom stereocenters. The first-order valence-electron chi connectivity index (χ1n) is 7.84. The minimum Gasteiger partial charge on any atom is -0.340 e. The molecule has 20 heavy (non-hydrogen) atoms. The highest BCUT2D eigenvalue weighted by molar-refractivity contribution is 5.99. The first-order valence-corrected chi connectivity index (χ1v) is 7.84. The Hall–Kier alpha value is -1.06. The third kappa shape index (κ3) is 3.74. The van der Waals surface area contributed by atoms with Crippen LogP contribution >= 0.6 is 0 Å². The standard InChI is InChI=1S/C16H30N2O2/c1-7-16(6)15(20)18(9-8-11(2)3)13(10-12(4)5)14(19)17-16/h11-13H,7-10H2,1-6H3,(H,17,19). The Labute approximate surface area is 123 Å². The summed E-state index contributed by atoms with van der Waals surface area (Å²) < 4.78 is 0. The van der Waals surface area contributed by atoms with Gasteiger partial charge in [-0.1, -0.05) is 34.6 Å². The lowest BCUT2D eigenvalue weighted by atomic mass is 9.89. The molecule has 4 nitrogen and oxygen atoms in total. The number of nitrogens with zero attached hydrogens (tertiary/aromatic N) is 1. The summed E-state index contributed by atoms with van der Waals surface area (Å²) in [5.41, 5.74) is -0.735. The molecule has 2 amide bonds. The van der Waals surface area contributed by atoms with Crippen molar-refractivity contribution in [3.63, 3.8) is 0 Å². The molecule has 1 aliphatic heterocycles. The molecule has 1 fully saturated rings. The fourth-order valence-corrected chi connectivity index (χ4v) is 2.58. The minimum absolute atomic E-state index is 0.00593. The van der Waals surface area contributed by atoms with Gasteiger partial charge in [-0.05, 0) is 38.0 Å². The zero-order valence-electron chi connectivity index (χ0n) is 13.8. The lowest BCUT2D eigenvalue weighted by Gasteiger charge is -2.45. The molecule has 4 heteroatoms. The summed E-state index contributed by atoms with van der Waals surface area (Å²) in [4.78, 5) is 27.0. The summed E-state index contributed by atoms with van der Waals surface area (Å²) in [7, 11) is 0. The quantitative estimate of drug-likeness (QED) is 0.814. The van der Waals surface area contributed by atoms with Crippen LogP contribution in [-0.4, -0.2) is 34.8 Å². The maximum atomic E-state index is 12.7. The maximum absolute atomic E-state index is 12.7. The van der Waals surface area contributed by atoms with Crippen LogP contribution in [0.1, 0.15) is 60.8 Å². The van der Waals surface area contributed by atoms with Crippen LogP contribution in [0.3, 0.4) is 0 Å². The van der Waals surface area contributed by atoms with Gasteiger partial charge in [-0.15, -0.1) is 0 Å². The summed E-state index contributed by atoms with van der Waals surface area (Å²) in [6, 6.07) is -0.305. The molecule has 0 radical (unpaired) electrons. The van der Waals surface area contributed by atoms with E-state index < -0.39 is 5.54 Å². The van der Waals surface area contributed by atoms with Crippen LogP contribution in [0.5, 0.6) is 0 Å². The smallest absolute Gasteiger partial charge is 0.248 e. The number of hydrogen-bond acceptors (Lipinski definition) is 2. The molecular weight excluding hydrogens is 252 g/mol. The molecule has 1 rings (SSSR count). The molecule has 1 heterocycles. The lowest BCUT2D eigenvalue weighted by Crippen LogP contribution is -2.69. The Balaban J connectivity index is 2.97. The number of hydrogen-bond donors (Lipinski definition) is 1. The Morgan fingerprint density at radius 2 is 1.80 bits per heavy atom. The third-order valence-corrected chi connectivity index (χ3v) is 4.16. The maximum Gasteiger partial charge on any atom is 0.248 e. The number of amides is 2. The summed E-state index contributed by atoms with van der Waals surface area (Å²) in [5, 5.41) is 2.94. The van der Waals surface area contributed by atoms with E-state index in [1.165, 1.54) is 0 Å². The van der Waals surface area contributed by atoms with Crippen LogP contribution in [0, 0.1) is 11.8 Å².